The first-order valence-corrected chi connectivity index (χ1v) is 11.0. The lowest BCUT2D eigenvalue weighted by molar-refractivity contribution is -0.130. The number of hydrogen-bond acceptors (Lipinski definition) is 5. The third kappa shape index (κ3) is 6.02. The fourth-order valence-corrected chi connectivity index (χ4v) is 4.41. The summed E-state index contributed by atoms with van der Waals surface area (Å²) in [6.07, 6.45) is 0. The predicted molar refractivity (Wildman–Crippen MR) is 112 cm³/mol. The van der Waals surface area contributed by atoms with Gasteiger partial charge in [0.1, 0.15) is 10.8 Å². The molecule has 0 aliphatic carbocycles. The number of benzene rings is 1. The minimum atomic E-state index is -0.233. The Morgan fingerprint density at radius 1 is 1.19 bits per heavy atom. The third-order valence-corrected chi connectivity index (χ3v) is 6.58. The summed E-state index contributed by atoms with van der Waals surface area (Å²) >= 11 is 3.29. The van der Waals surface area contributed by atoms with Crippen LogP contribution in [0.4, 0.5) is 4.39 Å². The SMILES string of the molecule is CC(C)(C)SCC(=O)N1CCN(Cc2csc(-c3ccc(F)cc3)n2)CC1. The van der Waals surface area contributed by atoms with Crippen molar-refractivity contribution in [2.45, 2.75) is 32.1 Å². The summed E-state index contributed by atoms with van der Waals surface area (Å²) in [5, 5.41) is 2.98. The van der Waals surface area contributed by atoms with Crippen LogP contribution >= 0.6 is 23.1 Å². The topological polar surface area (TPSA) is 36.4 Å². The van der Waals surface area contributed by atoms with Gasteiger partial charge in [-0.25, -0.2) is 9.37 Å². The van der Waals surface area contributed by atoms with Crippen LogP contribution < -0.4 is 0 Å². The fourth-order valence-electron chi connectivity index (χ4n) is 2.86. The van der Waals surface area contributed by atoms with Gasteiger partial charge in [-0.15, -0.1) is 23.1 Å². The predicted octanol–water partition coefficient (Wildman–Crippen LogP) is 4.13. The number of rotatable bonds is 5. The molecular formula is C20H26FN3OS2. The zero-order valence-electron chi connectivity index (χ0n) is 16.1. The van der Waals surface area contributed by atoms with Gasteiger partial charge in [-0.2, -0.15) is 0 Å². The lowest BCUT2D eigenvalue weighted by Crippen LogP contribution is -2.49. The Balaban J connectivity index is 1.48. The molecule has 2 heterocycles. The summed E-state index contributed by atoms with van der Waals surface area (Å²) < 4.78 is 13.2. The van der Waals surface area contributed by atoms with Crippen LogP contribution in [0, 0.1) is 5.82 Å². The second-order valence-corrected chi connectivity index (χ2v) is 10.4. The quantitative estimate of drug-likeness (QED) is 0.747. The van der Waals surface area contributed by atoms with Gasteiger partial charge in [-0.3, -0.25) is 9.69 Å². The average molecular weight is 408 g/mol. The van der Waals surface area contributed by atoms with Gasteiger partial charge in [0.05, 0.1) is 11.4 Å². The van der Waals surface area contributed by atoms with Crippen LogP contribution in [-0.2, 0) is 11.3 Å². The highest BCUT2D eigenvalue weighted by molar-refractivity contribution is 8.01. The molecule has 2 aromatic rings. The van der Waals surface area contributed by atoms with E-state index >= 15 is 0 Å². The van der Waals surface area contributed by atoms with Gasteiger partial charge < -0.3 is 4.90 Å². The van der Waals surface area contributed by atoms with Crippen molar-refractivity contribution in [3.8, 4) is 10.6 Å². The molecule has 0 atom stereocenters. The number of amides is 1. The lowest BCUT2D eigenvalue weighted by atomic mass is 10.2. The maximum atomic E-state index is 13.1. The van der Waals surface area contributed by atoms with Crippen molar-refractivity contribution in [2.24, 2.45) is 0 Å². The largest absolute Gasteiger partial charge is 0.339 e. The average Bonchev–Trinajstić information content (AvgIpc) is 3.09. The first-order chi connectivity index (χ1) is 12.8. The smallest absolute Gasteiger partial charge is 0.232 e. The molecule has 4 nitrogen and oxygen atoms in total. The Hall–Kier alpha value is -1.44. The minimum absolute atomic E-state index is 0.115. The molecule has 146 valence electrons. The zero-order valence-corrected chi connectivity index (χ0v) is 17.7. The van der Waals surface area contributed by atoms with E-state index in [1.807, 2.05) is 4.90 Å². The molecule has 3 rings (SSSR count). The van der Waals surface area contributed by atoms with E-state index in [9.17, 15) is 9.18 Å². The Labute approximate surface area is 168 Å². The van der Waals surface area contributed by atoms with Crippen LogP contribution in [0.3, 0.4) is 0 Å². The van der Waals surface area contributed by atoms with E-state index in [1.165, 1.54) is 12.1 Å². The van der Waals surface area contributed by atoms with Gasteiger partial charge in [0.15, 0.2) is 0 Å². The highest BCUT2D eigenvalue weighted by Crippen LogP contribution is 2.25. The van der Waals surface area contributed by atoms with Crippen molar-refractivity contribution < 1.29 is 9.18 Å². The molecule has 1 aromatic carbocycles. The van der Waals surface area contributed by atoms with Crippen LogP contribution in [0.1, 0.15) is 26.5 Å². The molecule has 0 bridgehead atoms. The Kier molecular flexibility index (Phi) is 6.55. The second-order valence-electron chi connectivity index (χ2n) is 7.71. The molecule has 1 aromatic heterocycles. The molecule has 1 fully saturated rings. The van der Waals surface area contributed by atoms with E-state index in [4.69, 9.17) is 0 Å². The summed E-state index contributed by atoms with van der Waals surface area (Å²) in [7, 11) is 0. The Morgan fingerprint density at radius 3 is 2.48 bits per heavy atom. The minimum Gasteiger partial charge on any atom is -0.339 e. The number of hydrogen-bond donors (Lipinski definition) is 0. The number of nitrogens with zero attached hydrogens (tertiary/aromatic N) is 3. The van der Waals surface area contributed by atoms with E-state index in [-0.39, 0.29) is 16.5 Å². The first kappa shape index (κ1) is 20.3. The molecule has 7 heteroatoms. The van der Waals surface area contributed by atoms with Crippen LogP contribution in [0.2, 0.25) is 0 Å². The number of carbonyl (C=O) groups excluding carboxylic acids is 1. The van der Waals surface area contributed by atoms with E-state index < -0.39 is 0 Å². The molecule has 0 radical (unpaired) electrons. The summed E-state index contributed by atoms with van der Waals surface area (Å²) in [6, 6.07) is 6.45. The lowest BCUT2D eigenvalue weighted by Gasteiger charge is -2.34. The molecule has 1 saturated heterocycles. The molecule has 0 unspecified atom stereocenters. The van der Waals surface area contributed by atoms with Crippen LogP contribution in [0.25, 0.3) is 10.6 Å². The van der Waals surface area contributed by atoms with Crippen molar-refractivity contribution in [3.05, 3.63) is 41.2 Å². The second kappa shape index (κ2) is 8.71. The summed E-state index contributed by atoms with van der Waals surface area (Å²) in [6.45, 7) is 10.5. The maximum Gasteiger partial charge on any atom is 0.232 e. The molecular weight excluding hydrogens is 381 g/mol. The normalized spacial score (nSPS) is 15.9. The standard InChI is InChI=1S/C20H26FN3OS2/c1-20(2,3)27-14-18(25)24-10-8-23(9-11-24)12-17-13-26-19(22-17)15-4-6-16(21)7-5-15/h4-7,13H,8-12,14H2,1-3H3. The molecule has 1 aliphatic heterocycles. The van der Waals surface area contributed by atoms with Crippen molar-refractivity contribution >= 4 is 29.0 Å². The first-order valence-electron chi connectivity index (χ1n) is 9.14. The van der Waals surface area contributed by atoms with Crippen molar-refractivity contribution in [1.82, 2.24) is 14.8 Å². The fraction of sp³-hybridized carbons (Fsp3) is 0.500. The van der Waals surface area contributed by atoms with Crippen molar-refractivity contribution in [3.63, 3.8) is 0 Å². The van der Waals surface area contributed by atoms with Gasteiger partial charge in [-0.05, 0) is 24.3 Å². The summed E-state index contributed by atoms with van der Waals surface area (Å²) in [4.78, 5) is 21.3. The van der Waals surface area contributed by atoms with Gasteiger partial charge in [-0.1, -0.05) is 20.8 Å². The summed E-state index contributed by atoms with van der Waals surface area (Å²) in [5.41, 5.74) is 1.97. The molecule has 1 amide bonds. The maximum absolute atomic E-state index is 13.1. The highest BCUT2D eigenvalue weighted by atomic mass is 32.2. The van der Waals surface area contributed by atoms with Crippen LogP contribution in [0.15, 0.2) is 29.6 Å². The van der Waals surface area contributed by atoms with E-state index in [1.54, 1.807) is 35.2 Å². The zero-order chi connectivity index (χ0) is 19.4. The van der Waals surface area contributed by atoms with Crippen molar-refractivity contribution in [1.29, 1.82) is 0 Å². The third-order valence-electron chi connectivity index (χ3n) is 4.38. The van der Waals surface area contributed by atoms with Gasteiger partial charge in [0.25, 0.3) is 0 Å². The van der Waals surface area contributed by atoms with Crippen LogP contribution in [0.5, 0.6) is 0 Å². The Bertz CT molecular complexity index is 762. The molecule has 27 heavy (non-hydrogen) atoms. The van der Waals surface area contributed by atoms with Gasteiger partial charge in [0, 0.05) is 48.4 Å². The van der Waals surface area contributed by atoms with E-state index in [0.29, 0.717) is 5.75 Å². The number of carbonyl (C=O) groups is 1. The van der Waals surface area contributed by atoms with Crippen LogP contribution in [-0.4, -0.2) is 57.4 Å². The molecule has 0 spiro atoms. The number of thioether (sulfide) groups is 1. The van der Waals surface area contributed by atoms with Gasteiger partial charge in [0.2, 0.25) is 5.91 Å². The molecule has 0 N–H and O–H groups in total. The van der Waals surface area contributed by atoms with E-state index in [0.717, 1.165) is 49.0 Å². The van der Waals surface area contributed by atoms with Crippen molar-refractivity contribution in [2.75, 3.05) is 31.9 Å². The molecule has 1 aliphatic rings. The van der Waals surface area contributed by atoms with E-state index in [2.05, 4.69) is 36.0 Å². The number of halogens is 1. The molecule has 0 saturated carbocycles. The Morgan fingerprint density at radius 2 is 1.85 bits per heavy atom. The summed E-state index contributed by atoms with van der Waals surface area (Å²) in [5.74, 6) is 0.557. The van der Waals surface area contributed by atoms with Gasteiger partial charge >= 0.3 is 0 Å². The number of aromatic nitrogens is 1. The number of piperazine rings is 1. The number of thiazole rings is 1. The monoisotopic (exact) mass is 407 g/mol. The highest BCUT2D eigenvalue weighted by Gasteiger charge is 2.23.